The molecule has 2 N–H and O–H groups in total. The van der Waals surface area contributed by atoms with Crippen LogP contribution in [-0.2, 0) is 35.1 Å². The van der Waals surface area contributed by atoms with Crippen molar-refractivity contribution in [2.45, 2.75) is 93.1 Å². The van der Waals surface area contributed by atoms with E-state index in [4.69, 9.17) is 9.47 Å². The van der Waals surface area contributed by atoms with Crippen LogP contribution in [0.4, 0.5) is 0 Å². The third-order valence-corrected chi connectivity index (χ3v) is 11.3. The average molecular weight is 765 g/mol. The van der Waals surface area contributed by atoms with Crippen LogP contribution in [0.25, 0.3) is 0 Å². The molecule has 1 spiro atoms. The number of aliphatic hydroxyl groups excluding tert-OH is 1. The second kappa shape index (κ2) is 17.1. The van der Waals surface area contributed by atoms with E-state index in [-0.39, 0.29) is 42.2 Å². The van der Waals surface area contributed by atoms with E-state index >= 15 is 0 Å². The SMILES string of the molecule is C=CCCC(=O)NC[C@@H](OC(=O)[C@@H]1[C@H]2O[C@@]3(CC2Br)[C@H](C(=O)N(CC=C)C(C)CCC)N([C@@H](CO)Cc2ccccc2)C(=O)[C@@H]13)c1ccccc1. The molecule has 0 radical (unpaired) electrons. The highest BCUT2D eigenvalue weighted by molar-refractivity contribution is 9.09. The van der Waals surface area contributed by atoms with Gasteiger partial charge in [-0.25, -0.2) is 0 Å². The van der Waals surface area contributed by atoms with Crippen molar-refractivity contribution in [1.82, 2.24) is 15.1 Å². The fraction of sp³-hybridized carbons (Fsp3) is 0.500. The Labute approximate surface area is 309 Å². The third kappa shape index (κ3) is 7.85. The first-order chi connectivity index (χ1) is 24.6. The fourth-order valence-electron chi connectivity index (χ4n) is 8.15. The summed E-state index contributed by atoms with van der Waals surface area (Å²) in [6.45, 7) is 11.5. The molecular weight excluding hydrogens is 714 g/mol. The number of nitrogens with zero attached hydrogens (tertiary/aromatic N) is 2. The quantitative estimate of drug-likeness (QED) is 0.126. The summed E-state index contributed by atoms with van der Waals surface area (Å²) in [6.07, 6.45) is 4.76. The lowest BCUT2D eigenvalue weighted by atomic mass is 9.70. The van der Waals surface area contributed by atoms with Crippen molar-refractivity contribution in [3.05, 3.63) is 97.1 Å². The molecule has 3 fully saturated rings. The van der Waals surface area contributed by atoms with Gasteiger partial charge in [0.05, 0.1) is 37.1 Å². The zero-order valence-electron chi connectivity index (χ0n) is 29.5. The number of allylic oxidation sites excluding steroid dienone is 1. The number of amides is 3. The van der Waals surface area contributed by atoms with Crippen molar-refractivity contribution >= 4 is 39.6 Å². The first-order valence-electron chi connectivity index (χ1n) is 17.9. The van der Waals surface area contributed by atoms with E-state index in [1.807, 2.05) is 67.6 Å². The molecule has 3 heterocycles. The van der Waals surface area contributed by atoms with Crippen LogP contribution in [0.1, 0.15) is 63.2 Å². The Morgan fingerprint density at radius 2 is 1.82 bits per heavy atom. The molecule has 274 valence electrons. The molecule has 9 atom stereocenters. The summed E-state index contributed by atoms with van der Waals surface area (Å²) in [5, 5.41) is 13.7. The number of ether oxygens (including phenoxy) is 2. The van der Waals surface area contributed by atoms with Crippen molar-refractivity contribution < 1.29 is 33.8 Å². The first kappa shape index (κ1) is 38.4. The highest BCUT2D eigenvalue weighted by atomic mass is 79.9. The zero-order valence-corrected chi connectivity index (χ0v) is 31.1. The number of nitrogens with one attached hydrogen (secondary N) is 1. The molecule has 5 rings (SSSR count). The van der Waals surface area contributed by atoms with Gasteiger partial charge >= 0.3 is 5.97 Å². The second-order valence-electron chi connectivity index (χ2n) is 13.8. The highest BCUT2D eigenvalue weighted by Crippen LogP contribution is 2.61. The summed E-state index contributed by atoms with van der Waals surface area (Å²) in [5.74, 6) is -3.60. The lowest BCUT2D eigenvalue weighted by molar-refractivity contribution is -0.161. The number of likely N-dealkylation sites (tertiary alicyclic amines) is 1. The number of benzene rings is 2. The predicted molar refractivity (Wildman–Crippen MR) is 198 cm³/mol. The van der Waals surface area contributed by atoms with Crippen LogP contribution in [0.15, 0.2) is 86.0 Å². The minimum atomic E-state index is -1.34. The molecule has 0 aromatic heterocycles. The summed E-state index contributed by atoms with van der Waals surface area (Å²) < 4.78 is 13.0. The molecular formula is C40H50BrN3O7. The van der Waals surface area contributed by atoms with Gasteiger partial charge in [-0.15, -0.1) is 13.2 Å². The number of halogens is 1. The standard InChI is InChI=1S/C40H50BrN3O7/c1-5-8-20-32(46)42-24-31(28-18-13-10-14-19-28)50-39(49)33-34-37(47)44(29(25-45)22-27-16-11-9-12-17-27)36(40(34)23-30(41)35(33)51-40)38(48)43(21-7-3)26(4)15-6-2/h5,7,9-14,16-19,26,29-31,33-36,45H,1,3,6,8,15,20-25H2,2,4H3,(H,42,46)/t26?,29-,30?,31-,33+,34-,35+,36+,40-/m1/s1. The minimum Gasteiger partial charge on any atom is -0.455 e. The van der Waals surface area contributed by atoms with Crippen LogP contribution in [0.5, 0.6) is 0 Å². The number of carbonyl (C=O) groups is 4. The lowest BCUT2D eigenvalue weighted by Gasteiger charge is -2.41. The molecule has 3 aliphatic heterocycles. The van der Waals surface area contributed by atoms with Gasteiger partial charge in [0.15, 0.2) is 0 Å². The second-order valence-corrected chi connectivity index (χ2v) is 15.0. The van der Waals surface area contributed by atoms with Crippen molar-refractivity contribution in [2.75, 3.05) is 19.7 Å². The molecule has 2 unspecified atom stereocenters. The normalized spacial score (nSPS) is 26.5. The maximum Gasteiger partial charge on any atom is 0.313 e. The van der Waals surface area contributed by atoms with Gasteiger partial charge in [0.2, 0.25) is 17.7 Å². The molecule has 10 nitrogen and oxygen atoms in total. The van der Waals surface area contributed by atoms with Crippen molar-refractivity contribution in [1.29, 1.82) is 0 Å². The van der Waals surface area contributed by atoms with Crippen LogP contribution in [0.2, 0.25) is 0 Å². The Morgan fingerprint density at radius 1 is 1.14 bits per heavy atom. The lowest BCUT2D eigenvalue weighted by Crippen LogP contribution is -2.60. The molecule has 3 saturated heterocycles. The van der Waals surface area contributed by atoms with E-state index < -0.39 is 60.2 Å². The van der Waals surface area contributed by atoms with Crippen LogP contribution in [0.3, 0.4) is 0 Å². The Bertz CT molecular complexity index is 1560. The summed E-state index contributed by atoms with van der Waals surface area (Å²) >= 11 is 3.75. The summed E-state index contributed by atoms with van der Waals surface area (Å²) in [6, 6.07) is 16.7. The number of aliphatic hydroxyl groups is 1. The van der Waals surface area contributed by atoms with E-state index in [1.54, 1.807) is 17.1 Å². The number of carbonyl (C=O) groups excluding carboxylic acids is 4. The maximum absolute atomic E-state index is 14.9. The molecule has 0 saturated carbocycles. The summed E-state index contributed by atoms with van der Waals surface area (Å²) in [4.78, 5) is 59.7. The van der Waals surface area contributed by atoms with Crippen molar-refractivity contribution in [3.8, 4) is 0 Å². The van der Waals surface area contributed by atoms with E-state index in [1.165, 1.54) is 4.90 Å². The van der Waals surface area contributed by atoms with Crippen molar-refractivity contribution in [2.24, 2.45) is 11.8 Å². The first-order valence-corrected chi connectivity index (χ1v) is 18.9. The topological polar surface area (TPSA) is 125 Å². The fourth-order valence-corrected chi connectivity index (χ4v) is 9.09. The van der Waals surface area contributed by atoms with E-state index in [0.717, 1.165) is 18.4 Å². The zero-order chi connectivity index (χ0) is 36.7. The largest absolute Gasteiger partial charge is 0.455 e. The van der Waals surface area contributed by atoms with Gasteiger partial charge in [0.1, 0.15) is 17.7 Å². The van der Waals surface area contributed by atoms with Crippen LogP contribution in [0, 0.1) is 11.8 Å². The molecule has 0 aliphatic carbocycles. The predicted octanol–water partition coefficient (Wildman–Crippen LogP) is 4.91. The number of rotatable bonds is 18. The summed E-state index contributed by atoms with van der Waals surface area (Å²) in [5.41, 5.74) is 0.241. The Kier molecular flexibility index (Phi) is 12.9. The smallest absolute Gasteiger partial charge is 0.313 e. The molecule has 3 aliphatic rings. The third-order valence-electron chi connectivity index (χ3n) is 10.5. The number of esters is 1. The van der Waals surface area contributed by atoms with Crippen LogP contribution < -0.4 is 5.32 Å². The number of hydrogen-bond acceptors (Lipinski definition) is 7. The van der Waals surface area contributed by atoms with Gasteiger partial charge in [0, 0.05) is 23.8 Å². The Morgan fingerprint density at radius 3 is 2.45 bits per heavy atom. The molecule has 2 bridgehead atoms. The van der Waals surface area contributed by atoms with E-state index in [2.05, 4.69) is 41.3 Å². The molecule has 2 aromatic rings. The summed E-state index contributed by atoms with van der Waals surface area (Å²) in [7, 11) is 0. The maximum atomic E-state index is 14.9. The molecule has 3 amide bonds. The number of hydrogen-bond donors (Lipinski definition) is 2. The van der Waals surface area contributed by atoms with Gasteiger partial charge in [0.25, 0.3) is 0 Å². The Hall–Kier alpha value is -3.80. The number of fused-ring (bicyclic) bond motifs is 1. The monoisotopic (exact) mass is 763 g/mol. The van der Waals surface area contributed by atoms with Crippen LogP contribution >= 0.6 is 15.9 Å². The van der Waals surface area contributed by atoms with Crippen molar-refractivity contribution in [3.63, 3.8) is 0 Å². The highest BCUT2D eigenvalue weighted by Gasteiger charge is 2.77. The van der Waals surface area contributed by atoms with E-state index in [9.17, 15) is 24.3 Å². The van der Waals surface area contributed by atoms with Gasteiger partial charge in [-0.1, -0.05) is 102 Å². The van der Waals surface area contributed by atoms with Gasteiger partial charge in [-0.05, 0) is 43.7 Å². The molecule has 2 aromatic carbocycles. The minimum absolute atomic E-state index is 0.0359. The Balaban J connectivity index is 1.52. The average Bonchev–Trinajstić information content (AvgIpc) is 3.74. The number of alkyl halides is 1. The van der Waals surface area contributed by atoms with Gasteiger partial charge in [-0.2, -0.15) is 0 Å². The van der Waals surface area contributed by atoms with Gasteiger partial charge in [-0.3, -0.25) is 19.2 Å². The molecule has 51 heavy (non-hydrogen) atoms. The van der Waals surface area contributed by atoms with Crippen LogP contribution in [-0.4, -0.2) is 93.0 Å². The van der Waals surface area contributed by atoms with Gasteiger partial charge < -0.3 is 29.7 Å². The van der Waals surface area contributed by atoms with E-state index in [0.29, 0.717) is 24.8 Å². The molecule has 11 heteroatoms.